The van der Waals surface area contributed by atoms with Crippen molar-refractivity contribution in [1.29, 1.82) is 0 Å². The van der Waals surface area contributed by atoms with Crippen LogP contribution in [0.5, 0.6) is 0 Å². The molecule has 2 saturated carbocycles. The maximum Gasteiger partial charge on any atom is 0.156 e. The first kappa shape index (κ1) is 23.1. The first-order valence-corrected chi connectivity index (χ1v) is 14.0. The first-order valence-electron chi connectivity index (χ1n) is 14.0. The zero-order valence-corrected chi connectivity index (χ0v) is 21.5. The van der Waals surface area contributed by atoms with Crippen molar-refractivity contribution < 1.29 is 4.79 Å². The number of anilines is 1. The molecule has 5 atom stereocenters. The van der Waals surface area contributed by atoms with Crippen LogP contribution in [-0.2, 0) is 4.79 Å². The van der Waals surface area contributed by atoms with Gasteiger partial charge >= 0.3 is 0 Å². The summed E-state index contributed by atoms with van der Waals surface area (Å²) >= 11 is 0. The van der Waals surface area contributed by atoms with Crippen LogP contribution in [-0.4, -0.2) is 24.4 Å². The molecule has 2 N–H and O–H groups in total. The van der Waals surface area contributed by atoms with Crippen molar-refractivity contribution in [3.05, 3.63) is 52.6 Å². The molecule has 35 heavy (non-hydrogen) atoms. The molecule has 1 aromatic rings. The van der Waals surface area contributed by atoms with Gasteiger partial charge in [-0.05, 0) is 111 Å². The molecule has 0 amide bonds. The van der Waals surface area contributed by atoms with E-state index in [1.54, 1.807) is 5.57 Å². The Morgan fingerprint density at radius 2 is 1.80 bits per heavy atom. The third-order valence-electron chi connectivity index (χ3n) is 10.4. The fourth-order valence-electron chi connectivity index (χ4n) is 8.49. The van der Waals surface area contributed by atoms with E-state index in [4.69, 9.17) is 5.73 Å². The average Bonchev–Trinajstić information content (AvgIpc) is 3.14. The number of ketones is 1. The summed E-state index contributed by atoms with van der Waals surface area (Å²) in [5.74, 6) is 8.29. The van der Waals surface area contributed by atoms with Crippen molar-refractivity contribution >= 4 is 11.5 Å². The lowest BCUT2D eigenvalue weighted by atomic mass is 9.53. The molecule has 4 aliphatic carbocycles. The van der Waals surface area contributed by atoms with Gasteiger partial charge in [0, 0.05) is 36.5 Å². The standard InChI is InChI=1S/C32H40N2O/c1-3-15-32(33)17-14-29-26-12-9-23-20-25(35)21-28(30(23)27(26)13-16-31(29,32)2)22-7-10-24(11-8-22)34-18-5-4-6-19-34/h7-8,10-11,20,26,28-29H,4-6,9,12-14,16-19,21,33H2,1-2H3/t26-,28?,29+,31+,32+/m1/s1. The Morgan fingerprint density at radius 3 is 2.54 bits per heavy atom. The number of rotatable bonds is 2. The lowest BCUT2D eigenvalue weighted by molar-refractivity contribution is -0.115. The van der Waals surface area contributed by atoms with Crippen LogP contribution in [0.3, 0.4) is 0 Å². The number of carbonyl (C=O) groups excluding carboxylic acids is 1. The smallest absolute Gasteiger partial charge is 0.156 e. The minimum absolute atomic E-state index is 0.0853. The summed E-state index contributed by atoms with van der Waals surface area (Å²) < 4.78 is 0. The Balaban J connectivity index is 1.36. The summed E-state index contributed by atoms with van der Waals surface area (Å²) in [6.07, 6.45) is 13.1. The summed E-state index contributed by atoms with van der Waals surface area (Å²) in [5, 5.41) is 0. The fourth-order valence-corrected chi connectivity index (χ4v) is 8.49. The molecule has 5 aliphatic rings. The average molecular weight is 469 g/mol. The van der Waals surface area contributed by atoms with E-state index < -0.39 is 0 Å². The second-order valence-electron chi connectivity index (χ2n) is 12.0. The van der Waals surface area contributed by atoms with Crippen LogP contribution in [0, 0.1) is 29.1 Å². The summed E-state index contributed by atoms with van der Waals surface area (Å²) in [7, 11) is 0. The Morgan fingerprint density at radius 1 is 1.03 bits per heavy atom. The number of hydrogen-bond donors (Lipinski definition) is 1. The van der Waals surface area contributed by atoms with Crippen molar-refractivity contribution in [2.75, 3.05) is 18.0 Å². The lowest BCUT2D eigenvalue weighted by Crippen LogP contribution is -2.54. The molecule has 0 radical (unpaired) electrons. The summed E-state index contributed by atoms with van der Waals surface area (Å²) in [5.41, 5.74) is 13.8. The van der Waals surface area contributed by atoms with Gasteiger partial charge in [-0.1, -0.05) is 30.6 Å². The highest BCUT2D eigenvalue weighted by Gasteiger charge is 2.59. The molecule has 6 rings (SSSR count). The molecule has 3 fully saturated rings. The zero-order chi connectivity index (χ0) is 24.2. The second-order valence-corrected chi connectivity index (χ2v) is 12.0. The monoisotopic (exact) mass is 468 g/mol. The summed E-state index contributed by atoms with van der Waals surface area (Å²) in [6, 6.07) is 9.23. The molecule has 1 heterocycles. The zero-order valence-electron chi connectivity index (χ0n) is 21.5. The number of nitrogens with zero attached hydrogens (tertiary/aromatic N) is 1. The van der Waals surface area contributed by atoms with Crippen LogP contribution >= 0.6 is 0 Å². The molecule has 1 aromatic carbocycles. The SMILES string of the molecule is CC#C[C@]1(N)CC[C@H]2[C@@H]3CCC4=CC(=O)CC(c5ccc(N6CCCCC6)cc5)C4=C3CC[C@@]21C. The molecule has 3 heteroatoms. The molecule has 0 bridgehead atoms. The van der Waals surface area contributed by atoms with Gasteiger partial charge in [0.25, 0.3) is 0 Å². The van der Waals surface area contributed by atoms with Crippen molar-refractivity contribution in [1.82, 2.24) is 0 Å². The third-order valence-corrected chi connectivity index (χ3v) is 10.4. The second kappa shape index (κ2) is 8.67. The van der Waals surface area contributed by atoms with Crippen LogP contribution in [0.4, 0.5) is 5.69 Å². The summed E-state index contributed by atoms with van der Waals surface area (Å²) in [6.45, 7) is 6.68. The van der Waals surface area contributed by atoms with Crippen molar-refractivity contribution in [3.8, 4) is 11.8 Å². The minimum atomic E-state index is -0.356. The first-order chi connectivity index (χ1) is 16.9. The molecule has 1 unspecified atom stereocenters. The van der Waals surface area contributed by atoms with Crippen LogP contribution in [0.25, 0.3) is 0 Å². The van der Waals surface area contributed by atoms with Gasteiger partial charge in [-0.15, -0.1) is 5.92 Å². The van der Waals surface area contributed by atoms with E-state index in [1.807, 2.05) is 13.0 Å². The van der Waals surface area contributed by atoms with E-state index in [0.717, 1.165) is 45.2 Å². The van der Waals surface area contributed by atoms with E-state index in [9.17, 15) is 4.79 Å². The Kier molecular flexibility index (Phi) is 5.72. The third kappa shape index (κ3) is 3.63. The van der Waals surface area contributed by atoms with Gasteiger partial charge < -0.3 is 10.6 Å². The highest BCUT2D eigenvalue weighted by atomic mass is 16.1. The van der Waals surface area contributed by atoms with Gasteiger partial charge in [0.2, 0.25) is 0 Å². The molecule has 0 aromatic heterocycles. The van der Waals surface area contributed by atoms with Crippen LogP contribution in [0.2, 0.25) is 0 Å². The van der Waals surface area contributed by atoms with E-state index in [0.29, 0.717) is 24.0 Å². The lowest BCUT2D eigenvalue weighted by Gasteiger charge is -2.51. The number of nitrogens with two attached hydrogens (primary N) is 1. The molecule has 1 saturated heterocycles. The molecule has 184 valence electrons. The van der Waals surface area contributed by atoms with Crippen molar-refractivity contribution in [2.24, 2.45) is 23.0 Å². The highest BCUT2D eigenvalue weighted by Crippen LogP contribution is 2.63. The van der Waals surface area contributed by atoms with Gasteiger partial charge in [0.05, 0.1) is 5.54 Å². The van der Waals surface area contributed by atoms with E-state index in [2.05, 4.69) is 47.9 Å². The van der Waals surface area contributed by atoms with Crippen LogP contribution in [0.1, 0.15) is 89.5 Å². The quantitative estimate of drug-likeness (QED) is 0.518. The topological polar surface area (TPSA) is 46.3 Å². The predicted octanol–water partition coefficient (Wildman–Crippen LogP) is 6.30. The number of piperidine rings is 1. The van der Waals surface area contributed by atoms with Crippen LogP contribution in [0.15, 0.2) is 47.1 Å². The highest BCUT2D eigenvalue weighted by molar-refractivity contribution is 5.94. The van der Waals surface area contributed by atoms with Gasteiger partial charge in [-0.25, -0.2) is 0 Å². The van der Waals surface area contributed by atoms with Gasteiger partial charge in [0.1, 0.15) is 0 Å². The fraction of sp³-hybridized carbons (Fsp3) is 0.594. The van der Waals surface area contributed by atoms with Crippen molar-refractivity contribution in [2.45, 2.75) is 89.5 Å². The normalized spacial score (nSPS) is 36.5. The number of carbonyl (C=O) groups is 1. The van der Waals surface area contributed by atoms with Crippen molar-refractivity contribution in [3.63, 3.8) is 0 Å². The number of hydrogen-bond acceptors (Lipinski definition) is 3. The predicted molar refractivity (Wildman–Crippen MR) is 143 cm³/mol. The van der Waals surface area contributed by atoms with Gasteiger partial charge in [0.15, 0.2) is 5.78 Å². The number of benzene rings is 1. The molecule has 0 spiro atoms. The minimum Gasteiger partial charge on any atom is -0.372 e. The van der Waals surface area contributed by atoms with E-state index in [-0.39, 0.29) is 16.9 Å². The maximum atomic E-state index is 12.8. The summed E-state index contributed by atoms with van der Waals surface area (Å²) in [4.78, 5) is 15.3. The molecular formula is C32H40N2O. The molecule has 3 nitrogen and oxygen atoms in total. The van der Waals surface area contributed by atoms with Gasteiger partial charge in [-0.3, -0.25) is 4.79 Å². The largest absolute Gasteiger partial charge is 0.372 e. The van der Waals surface area contributed by atoms with E-state index >= 15 is 0 Å². The number of allylic oxidation sites excluding steroid dienone is 4. The molecular weight excluding hydrogens is 428 g/mol. The van der Waals surface area contributed by atoms with E-state index in [1.165, 1.54) is 48.1 Å². The van der Waals surface area contributed by atoms with Gasteiger partial charge in [-0.2, -0.15) is 0 Å². The number of fused-ring (bicyclic) bond motifs is 4. The Labute approximate surface area is 211 Å². The maximum absolute atomic E-state index is 12.8. The Bertz CT molecular complexity index is 1140. The molecule has 1 aliphatic heterocycles. The van der Waals surface area contributed by atoms with Crippen LogP contribution < -0.4 is 10.6 Å². The Hall–Kier alpha value is -2.31.